The summed E-state index contributed by atoms with van der Waals surface area (Å²) in [6.07, 6.45) is 0.894. The van der Waals surface area contributed by atoms with Crippen molar-refractivity contribution in [3.8, 4) is 0 Å². The Morgan fingerprint density at radius 2 is 1.71 bits per heavy atom. The quantitative estimate of drug-likeness (QED) is 0.539. The first kappa shape index (κ1) is 11.9. The number of benzene rings is 1. The second-order valence-electron chi connectivity index (χ2n) is 5.79. The van der Waals surface area contributed by atoms with E-state index in [0.717, 1.165) is 12.0 Å². The van der Waals surface area contributed by atoms with Crippen molar-refractivity contribution in [1.29, 1.82) is 0 Å². The Morgan fingerprint density at radius 1 is 1.12 bits per heavy atom. The van der Waals surface area contributed by atoms with Gasteiger partial charge in [0.15, 0.2) is 0 Å². The smallest absolute Gasteiger partial charge is 0.248 e. The fourth-order valence-electron chi connectivity index (χ4n) is 2.13. The van der Waals surface area contributed by atoms with Crippen LogP contribution in [0.2, 0.25) is 0 Å². The van der Waals surface area contributed by atoms with E-state index in [1.165, 1.54) is 12.8 Å². The summed E-state index contributed by atoms with van der Waals surface area (Å²) in [6, 6.07) is 5.55. The molecule has 0 saturated heterocycles. The van der Waals surface area contributed by atoms with Crippen molar-refractivity contribution in [2.45, 2.75) is 27.2 Å². The van der Waals surface area contributed by atoms with Gasteiger partial charge in [-0.1, -0.05) is 26.8 Å². The molecule has 0 aliphatic carbocycles. The molecule has 0 bridgehead atoms. The van der Waals surface area contributed by atoms with Gasteiger partial charge >= 0.3 is 0 Å². The molecular weight excluding hydrogens is 213 g/mol. The third kappa shape index (κ3) is 2.12. The molecular formula is C13H16BNO2. The van der Waals surface area contributed by atoms with Gasteiger partial charge in [-0.2, -0.15) is 0 Å². The lowest BCUT2D eigenvalue weighted by atomic mass is 9.87. The summed E-state index contributed by atoms with van der Waals surface area (Å²) in [5.41, 5.74) is 2.34. The number of imide groups is 1. The molecule has 2 amide bonds. The van der Waals surface area contributed by atoms with E-state index in [4.69, 9.17) is 0 Å². The van der Waals surface area contributed by atoms with Gasteiger partial charge in [0.2, 0.25) is 19.8 Å². The molecule has 0 spiro atoms. The molecule has 1 aromatic carbocycles. The van der Waals surface area contributed by atoms with E-state index in [2.05, 4.69) is 20.8 Å². The Bertz CT molecular complexity index is 503. The molecule has 2 rings (SSSR count). The summed E-state index contributed by atoms with van der Waals surface area (Å²) in [5.74, 6) is -0.395. The lowest BCUT2D eigenvalue weighted by molar-refractivity contribution is 0.0766. The highest BCUT2D eigenvalue weighted by molar-refractivity contribution is 6.36. The topological polar surface area (TPSA) is 37.4 Å². The highest BCUT2D eigenvalue weighted by Gasteiger charge is 2.32. The van der Waals surface area contributed by atoms with Crippen LogP contribution in [0.5, 0.6) is 0 Å². The molecule has 0 aromatic heterocycles. The normalized spacial score (nSPS) is 15.4. The van der Waals surface area contributed by atoms with Crippen molar-refractivity contribution in [2.75, 3.05) is 0 Å². The highest BCUT2D eigenvalue weighted by Crippen LogP contribution is 2.26. The molecule has 4 heteroatoms. The summed E-state index contributed by atoms with van der Waals surface area (Å²) < 4.78 is 0. The molecule has 0 saturated carbocycles. The minimum Gasteiger partial charge on any atom is -0.328 e. The van der Waals surface area contributed by atoms with Gasteiger partial charge in [-0.15, -0.1) is 0 Å². The van der Waals surface area contributed by atoms with Crippen LogP contribution in [0.3, 0.4) is 0 Å². The lowest BCUT2D eigenvalue weighted by Crippen LogP contribution is -2.26. The Labute approximate surface area is 102 Å². The van der Waals surface area contributed by atoms with Crippen molar-refractivity contribution in [3.05, 3.63) is 34.9 Å². The zero-order valence-electron chi connectivity index (χ0n) is 10.7. The summed E-state index contributed by atoms with van der Waals surface area (Å²) in [5, 5.41) is 0. The van der Waals surface area contributed by atoms with Crippen LogP contribution >= 0.6 is 0 Å². The van der Waals surface area contributed by atoms with E-state index >= 15 is 0 Å². The first-order chi connectivity index (χ1) is 7.79. The zero-order valence-corrected chi connectivity index (χ0v) is 10.7. The fourth-order valence-corrected chi connectivity index (χ4v) is 2.13. The molecule has 1 aliphatic heterocycles. The van der Waals surface area contributed by atoms with E-state index in [9.17, 15) is 9.59 Å². The van der Waals surface area contributed by atoms with E-state index in [1.807, 2.05) is 12.1 Å². The molecule has 1 aliphatic rings. The third-order valence-corrected chi connectivity index (χ3v) is 2.89. The summed E-state index contributed by atoms with van der Waals surface area (Å²) >= 11 is 0. The number of rotatable bonds is 1. The molecule has 1 aromatic rings. The van der Waals surface area contributed by atoms with Crippen LogP contribution in [0.4, 0.5) is 0 Å². The van der Waals surface area contributed by atoms with Crippen molar-refractivity contribution in [1.82, 2.24) is 4.81 Å². The zero-order chi connectivity index (χ0) is 12.8. The highest BCUT2D eigenvalue weighted by atomic mass is 16.2. The SMILES string of the molecule is BN1C(=O)c2ccc(CC(C)(C)C)cc2C1=O. The van der Waals surface area contributed by atoms with Crippen molar-refractivity contribution in [2.24, 2.45) is 5.41 Å². The molecule has 0 unspecified atom stereocenters. The largest absolute Gasteiger partial charge is 0.328 e. The minimum atomic E-state index is -0.202. The molecule has 0 fully saturated rings. The third-order valence-electron chi connectivity index (χ3n) is 2.89. The number of hydrogen-bond donors (Lipinski definition) is 0. The molecule has 0 atom stereocenters. The van der Waals surface area contributed by atoms with Crippen LogP contribution in [-0.2, 0) is 6.42 Å². The van der Waals surface area contributed by atoms with Gasteiger partial charge in [-0.3, -0.25) is 9.59 Å². The standard InChI is InChI=1S/C13H16BNO2/c1-13(2,3)7-8-4-5-9-10(6-8)12(17)15(14)11(9)16/h4-6H,7,14H2,1-3H3. The monoisotopic (exact) mass is 229 g/mol. The van der Waals surface area contributed by atoms with Crippen LogP contribution < -0.4 is 0 Å². The molecule has 17 heavy (non-hydrogen) atoms. The van der Waals surface area contributed by atoms with Crippen LogP contribution in [0.1, 0.15) is 47.1 Å². The predicted octanol–water partition coefficient (Wildman–Crippen LogP) is 1.42. The van der Waals surface area contributed by atoms with E-state index in [0.29, 0.717) is 11.1 Å². The molecule has 88 valence electrons. The van der Waals surface area contributed by atoms with Gasteiger partial charge in [0.05, 0.1) is 11.1 Å². The number of fused-ring (bicyclic) bond motifs is 1. The predicted molar refractivity (Wildman–Crippen MR) is 68.6 cm³/mol. The molecule has 0 N–H and O–H groups in total. The average molecular weight is 229 g/mol. The number of hydrogen-bond acceptors (Lipinski definition) is 2. The summed E-state index contributed by atoms with van der Waals surface area (Å²) in [4.78, 5) is 24.7. The second-order valence-corrected chi connectivity index (χ2v) is 5.79. The molecule has 0 radical (unpaired) electrons. The molecule has 1 heterocycles. The lowest BCUT2D eigenvalue weighted by Gasteiger charge is -2.18. The van der Waals surface area contributed by atoms with Gasteiger partial charge in [-0.05, 0) is 29.5 Å². The first-order valence-electron chi connectivity index (χ1n) is 5.75. The maximum Gasteiger partial charge on any atom is 0.248 e. The average Bonchev–Trinajstić information content (AvgIpc) is 2.42. The Morgan fingerprint density at radius 3 is 2.29 bits per heavy atom. The number of carbonyl (C=O) groups is 2. The van der Waals surface area contributed by atoms with Crippen LogP contribution in [0.15, 0.2) is 18.2 Å². The van der Waals surface area contributed by atoms with Crippen LogP contribution in [0, 0.1) is 5.41 Å². The number of carbonyl (C=O) groups excluding carboxylic acids is 2. The first-order valence-corrected chi connectivity index (χ1v) is 5.75. The van der Waals surface area contributed by atoms with Gasteiger partial charge in [0.25, 0.3) is 0 Å². The van der Waals surface area contributed by atoms with Gasteiger partial charge in [0.1, 0.15) is 0 Å². The summed E-state index contributed by atoms with van der Waals surface area (Å²) in [7, 11) is 1.52. The van der Waals surface area contributed by atoms with Gasteiger partial charge in [-0.25, -0.2) is 0 Å². The van der Waals surface area contributed by atoms with E-state index in [-0.39, 0.29) is 17.2 Å². The Balaban J connectivity index is 2.40. The maximum absolute atomic E-state index is 11.8. The fraction of sp³-hybridized carbons (Fsp3) is 0.385. The molecule has 3 nitrogen and oxygen atoms in total. The van der Waals surface area contributed by atoms with Crippen molar-refractivity contribution < 1.29 is 9.59 Å². The number of nitrogens with zero attached hydrogens (tertiary/aromatic N) is 1. The van der Waals surface area contributed by atoms with Crippen LogP contribution in [-0.4, -0.2) is 24.6 Å². The van der Waals surface area contributed by atoms with E-state index < -0.39 is 0 Å². The Kier molecular flexibility index (Phi) is 2.61. The second kappa shape index (κ2) is 3.72. The van der Waals surface area contributed by atoms with Crippen LogP contribution in [0.25, 0.3) is 0 Å². The van der Waals surface area contributed by atoms with E-state index in [1.54, 1.807) is 6.07 Å². The summed E-state index contributed by atoms with van der Waals surface area (Å²) in [6.45, 7) is 6.46. The van der Waals surface area contributed by atoms with Crippen molar-refractivity contribution in [3.63, 3.8) is 0 Å². The van der Waals surface area contributed by atoms with Gasteiger partial charge < -0.3 is 4.81 Å². The number of amides is 2. The van der Waals surface area contributed by atoms with Gasteiger partial charge in [0, 0.05) is 0 Å². The maximum atomic E-state index is 11.8. The Hall–Kier alpha value is -1.58. The minimum absolute atomic E-state index is 0.172. The van der Waals surface area contributed by atoms with Crippen molar-refractivity contribution >= 4 is 19.8 Å².